The van der Waals surface area contributed by atoms with Gasteiger partial charge in [0.1, 0.15) is 11.4 Å². The Hall–Kier alpha value is -1.59. The minimum Gasteiger partial charge on any atom is -0.494 e. The van der Waals surface area contributed by atoms with Crippen LogP contribution in [0.2, 0.25) is 0 Å². The van der Waals surface area contributed by atoms with Crippen LogP contribution in [0.1, 0.15) is 33.1 Å². The largest absolute Gasteiger partial charge is 0.494 e. The number of nitrogens with one attached hydrogen (secondary N) is 1. The molecular weight excluding hydrogens is 304 g/mol. The van der Waals surface area contributed by atoms with Crippen LogP contribution >= 0.6 is 0 Å². The van der Waals surface area contributed by atoms with Crippen molar-refractivity contribution in [3.05, 3.63) is 24.3 Å². The fourth-order valence-corrected chi connectivity index (χ4v) is 2.76. The number of carbonyl (C=O) groups is 1. The highest BCUT2D eigenvalue weighted by Crippen LogP contribution is 2.42. The lowest BCUT2D eigenvalue weighted by molar-refractivity contribution is -0.141. The Morgan fingerprint density at radius 3 is 2.50 bits per heavy atom. The molecule has 0 heterocycles. The van der Waals surface area contributed by atoms with Gasteiger partial charge in [-0.2, -0.15) is 0 Å². The number of amides is 1. The molecule has 1 aromatic carbocycles. The van der Waals surface area contributed by atoms with Gasteiger partial charge in [-0.25, -0.2) is 0 Å². The Bertz CT molecular complexity index is 526. The molecule has 1 aromatic rings. The third-order valence-corrected chi connectivity index (χ3v) is 4.38. The average Bonchev–Trinajstić information content (AvgIpc) is 3.38. The van der Waals surface area contributed by atoms with Crippen LogP contribution in [0.15, 0.2) is 24.3 Å². The summed E-state index contributed by atoms with van der Waals surface area (Å²) in [5, 5.41) is 2.97. The minimum absolute atomic E-state index is 0.0634. The number of rotatable bonds is 10. The zero-order valence-electron chi connectivity index (χ0n) is 15.3. The first-order valence-corrected chi connectivity index (χ1v) is 8.78. The molecule has 134 valence electrons. The molecule has 0 aliphatic heterocycles. The maximum absolute atomic E-state index is 12.6. The van der Waals surface area contributed by atoms with E-state index in [9.17, 15) is 4.79 Å². The van der Waals surface area contributed by atoms with Gasteiger partial charge in [-0.1, -0.05) is 0 Å². The smallest absolute Gasteiger partial charge is 0.256 e. The first-order valence-electron chi connectivity index (χ1n) is 8.78. The average molecular weight is 334 g/mol. The van der Waals surface area contributed by atoms with E-state index in [0.717, 1.165) is 37.2 Å². The summed E-state index contributed by atoms with van der Waals surface area (Å²) in [5.41, 5.74) is 0.0445. The molecule has 0 spiro atoms. The van der Waals surface area contributed by atoms with Crippen LogP contribution in [0.25, 0.3) is 0 Å². The van der Waals surface area contributed by atoms with Gasteiger partial charge in [0.15, 0.2) is 0 Å². The molecule has 0 bridgehead atoms. The van der Waals surface area contributed by atoms with Gasteiger partial charge in [-0.3, -0.25) is 4.79 Å². The van der Waals surface area contributed by atoms with Crippen molar-refractivity contribution < 1.29 is 14.3 Å². The van der Waals surface area contributed by atoms with Gasteiger partial charge in [0.2, 0.25) is 0 Å². The van der Waals surface area contributed by atoms with Crippen molar-refractivity contribution >= 4 is 11.6 Å². The van der Waals surface area contributed by atoms with Crippen LogP contribution < -0.4 is 10.1 Å². The lowest BCUT2D eigenvalue weighted by Crippen LogP contribution is -2.44. The van der Waals surface area contributed by atoms with Crippen LogP contribution in [-0.2, 0) is 9.53 Å². The molecule has 0 radical (unpaired) electrons. The fourth-order valence-electron chi connectivity index (χ4n) is 2.76. The maximum Gasteiger partial charge on any atom is 0.256 e. The first kappa shape index (κ1) is 18.7. The third-order valence-electron chi connectivity index (χ3n) is 4.38. The summed E-state index contributed by atoms with van der Waals surface area (Å²) in [7, 11) is 4.10. The SMILES string of the molecule is CCO[C@@](C)(C(=O)Nc1ccc(OCCCN(C)C)cc1)C1CC1. The predicted octanol–water partition coefficient (Wildman–Crippen LogP) is 3.16. The van der Waals surface area contributed by atoms with Crippen LogP contribution in [0, 0.1) is 5.92 Å². The lowest BCUT2D eigenvalue weighted by atomic mass is 9.99. The topological polar surface area (TPSA) is 50.8 Å². The lowest BCUT2D eigenvalue weighted by Gasteiger charge is -2.28. The van der Waals surface area contributed by atoms with Crippen molar-refractivity contribution in [1.29, 1.82) is 0 Å². The Labute approximate surface area is 145 Å². The van der Waals surface area contributed by atoms with Crippen molar-refractivity contribution in [2.24, 2.45) is 5.92 Å². The standard InChI is InChI=1S/C19H30N2O3/c1-5-24-19(2,15-7-8-15)18(22)20-16-9-11-17(12-10-16)23-14-6-13-21(3)4/h9-12,15H,5-8,13-14H2,1-4H3,(H,20,22)/t19-/m1/s1. The summed E-state index contributed by atoms with van der Waals surface area (Å²) < 4.78 is 11.5. The van der Waals surface area contributed by atoms with Crippen molar-refractivity contribution in [3.8, 4) is 5.75 Å². The van der Waals surface area contributed by atoms with Gasteiger partial charge in [-0.05, 0) is 77.4 Å². The Morgan fingerprint density at radius 1 is 1.29 bits per heavy atom. The van der Waals surface area contributed by atoms with E-state index in [1.807, 2.05) is 38.1 Å². The first-order chi connectivity index (χ1) is 11.5. The van der Waals surface area contributed by atoms with Crippen LogP contribution in [-0.4, -0.2) is 50.3 Å². The number of hydrogen-bond donors (Lipinski definition) is 1. The number of nitrogens with zero attached hydrogens (tertiary/aromatic N) is 1. The molecule has 5 nitrogen and oxygen atoms in total. The number of hydrogen-bond acceptors (Lipinski definition) is 4. The van der Waals surface area contributed by atoms with Gasteiger partial charge in [0, 0.05) is 18.8 Å². The Balaban J connectivity index is 1.85. The second-order valence-corrected chi connectivity index (χ2v) is 6.80. The van der Waals surface area contributed by atoms with Gasteiger partial charge in [-0.15, -0.1) is 0 Å². The summed E-state index contributed by atoms with van der Waals surface area (Å²) in [6.07, 6.45) is 3.10. The highest BCUT2D eigenvalue weighted by molar-refractivity contribution is 5.97. The molecule has 1 atom stereocenters. The molecule has 1 aliphatic rings. The molecule has 1 N–H and O–H groups in total. The fraction of sp³-hybridized carbons (Fsp3) is 0.632. The second-order valence-electron chi connectivity index (χ2n) is 6.80. The molecule has 1 saturated carbocycles. The normalized spacial score (nSPS) is 16.7. The molecule has 24 heavy (non-hydrogen) atoms. The van der Waals surface area contributed by atoms with Crippen LogP contribution in [0.3, 0.4) is 0 Å². The maximum atomic E-state index is 12.6. The molecule has 2 rings (SSSR count). The predicted molar refractivity (Wildman–Crippen MR) is 96.5 cm³/mol. The van der Waals surface area contributed by atoms with E-state index in [2.05, 4.69) is 24.3 Å². The van der Waals surface area contributed by atoms with E-state index < -0.39 is 5.60 Å². The number of anilines is 1. The zero-order chi connectivity index (χ0) is 17.6. The van der Waals surface area contributed by atoms with Crippen molar-refractivity contribution in [2.45, 2.75) is 38.7 Å². The summed E-state index contributed by atoms with van der Waals surface area (Å²) in [4.78, 5) is 14.7. The van der Waals surface area contributed by atoms with E-state index >= 15 is 0 Å². The monoisotopic (exact) mass is 334 g/mol. The van der Waals surface area contributed by atoms with E-state index in [4.69, 9.17) is 9.47 Å². The van der Waals surface area contributed by atoms with Gasteiger partial charge in [0.05, 0.1) is 6.61 Å². The summed E-state index contributed by atoms with van der Waals surface area (Å²) in [6, 6.07) is 7.53. The quantitative estimate of drug-likeness (QED) is 0.668. The third kappa shape index (κ3) is 5.21. The number of benzene rings is 1. The van der Waals surface area contributed by atoms with Gasteiger partial charge in [0.25, 0.3) is 5.91 Å². The highest BCUT2D eigenvalue weighted by atomic mass is 16.5. The van der Waals surface area contributed by atoms with Gasteiger partial charge < -0.3 is 19.7 Å². The number of ether oxygens (including phenoxy) is 2. The highest BCUT2D eigenvalue weighted by Gasteiger charge is 2.48. The molecular formula is C19H30N2O3. The zero-order valence-corrected chi connectivity index (χ0v) is 15.3. The van der Waals surface area contributed by atoms with E-state index in [1.165, 1.54) is 0 Å². The van der Waals surface area contributed by atoms with E-state index in [1.54, 1.807) is 0 Å². The molecule has 1 aliphatic carbocycles. The van der Waals surface area contributed by atoms with Crippen molar-refractivity contribution in [1.82, 2.24) is 4.90 Å². The second kappa shape index (κ2) is 8.49. The summed E-state index contributed by atoms with van der Waals surface area (Å²) in [5.74, 6) is 1.09. The molecule has 0 aromatic heterocycles. The Kier molecular flexibility index (Phi) is 6.63. The van der Waals surface area contributed by atoms with E-state index in [0.29, 0.717) is 19.1 Å². The molecule has 0 saturated heterocycles. The molecule has 1 amide bonds. The van der Waals surface area contributed by atoms with Crippen LogP contribution in [0.4, 0.5) is 5.69 Å². The minimum atomic E-state index is -0.726. The molecule has 0 unspecified atom stereocenters. The summed E-state index contributed by atoms with van der Waals surface area (Å²) >= 11 is 0. The summed E-state index contributed by atoms with van der Waals surface area (Å²) in [6.45, 7) is 6.06. The van der Waals surface area contributed by atoms with Gasteiger partial charge >= 0.3 is 0 Å². The van der Waals surface area contributed by atoms with E-state index in [-0.39, 0.29) is 5.91 Å². The molecule has 5 heteroatoms. The van der Waals surface area contributed by atoms with Crippen molar-refractivity contribution in [3.63, 3.8) is 0 Å². The Morgan fingerprint density at radius 2 is 1.96 bits per heavy atom. The molecule has 1 fully saturated rings. The van der Waals surface area contributed by atoms with Crippen molar-refractivity contribution in [2.75, 3.05) is 39.2 Å². The van der Waals surface area contributed by atoms with Crippen LogP contribution in [0.5, 0.6) is 5.75 Å². The number of carbonyl (C=O) groups excluding carboxylic acids is 1.